The highest BCUT2D eigenvalue weighted by Gasteiger charge is 2.10. The van der Waals surface area contributed by atoms with Crippen LogP contribution in [0.2, 0.25) is 0 Å². The Hall–Kier alpha value is -1.02. The maximum absolute atomic E-state index is 5.93. The van der Waals surface area contributed by atoms with Crippen molar-refractivity contribution in [2.45, 2.75) is 40.0 Å². The second kappa shape index (κ2) is 6.24. The summed E-state index contributed by atoms with van der Waals surface area (Å²) in [5.41, 5.74) is 3.89. The maximum atomic E-state index is 5.93. The number of hydrogen-bond acceptors (Lipinski definition) is 2. The SMILES string of the molecule is Cc1cc(C)c(C)c(OCCCN2CCCC2)c1. The van der Waals surface area contributed by atoms with E-state index in [4.69, 9.17) is 4.74 Å². The maximum Gasteiger partial charge on any atom is 0.122 e. The second-order valence-corrected chi connectivity index (χ2v) is 5.46. The Morgan fingerprint density at radius 1 is 1.11 bits per heavy atom. The first-order valence-electron chi connectivity index (χ1n) is 7.10. The minimum Gasteiger partial charge on any atom is -0.493 e. The van der Waals surface area contributed by atoms with Gasteiger partial charge in [0.05, 0.1) is 6.61 Å². The smallest absolute Gasteiger partial charge is 0.122 e. The van der Waals surface area contributed by atoms with E-state index in [1.165, 1.54) is 49.2 Å². The van der Waals surface area contributed by atoms with Crippen molar-refractivity contribution in [3.63, 3.8) is 0 Å². The summed E-state index contributed by atoms with van der Waals surface area (Å²) in [5, 5.41) is 0. The van der Waals surface area contributed by atoms with E-state index >= 15 is 0 Å². The molecule has 1 heterocycles. The van der Waals surface area contributed by atoms with Gasteiger partial charge in [-0.1, -0.05) is 6.07 Å². The van der Waals surface area contributed by atoms with Crippen molar-refractivity contribution in [1.29, 1.82) is 0 Å². The molecule has 0 N–H and O–H groups in total. The zero-order chi connectivity index (χ0) is 13.0. The van der Waals surface area contributed by atoms with Gasteiger partial charge in [0, 0.05) is 6.54 Å². The van der Waals surface area contributed by atoms with Gasteiger partial charge in [0.2, 0.25) is 0 Å². The molecule has 0 radical (unpaired) electrons. The first kappa shape index (κ1) is 13.4. The minimum absolute atomic E-state index is 0.834. The van der Waals surface area contributed by atoms with Gasteiger partial charge in [-0.05, 0) is 75.9 Å². The first-order chi connectivity index (χ1) is 8.66. The van der Waals surface area contributed by atoms with Crippen LogP contribution in [0.5, 0.6) is 5.75 Å². The number of rotatable bonds is 5. The molecule has 1 fully saturated rings. The third-order valence-corrected chi connectivity index (χ3v) is 3.84. The molecule has 1 aliphatic rings. The van der Waals surface area contributed by atoms with Gasteiger partial charge in [-0.2, -0.15) is 0 Å². The van der Waals surface area contributed by atoms with Crippen LogP contribution in [0.4, 0.5) is 0 Å². The Morgan fingerprint density at radius 3 is 2.56 bits per heavy atom. The molecular weight excluding hydrogens is 222 g/mol. The van der Waals surface area contributed by atoms with Gasteiger partial charge in [0.25, 0.3) is 0 Å². The van der Waals surface area contributed by atoms with Crippen LogP contribution in [0.1, 0.15) is 36.0 Å². The fraction of sp³-hybridized carbons (Fsp3) is 0.625. The third-order valence-electron chi connectivity index (χ3n) is 3.84. The lowest BCUT2D eigenvalue weighted by molar-refractivity contribution is 0.262. The Morgan fingerprint density at radius 2 is 1.83 bits per heavy atom. The van der Waals surface area contributed by atoms with Crippen LogP contribution >= 0.6 is 0 Å². The Labute approximate surface area is 111 Å². The van der Waals surface area contributed by atoms with E-state index in [0.29, 0.717) is 0 Å². The molecule has 1 aromatic carbocycles. The number of aryl methyl sites for hydroxylation is 2. The van der Waals surface area contributed by atoms with Gasteiger partial charge in [-0.3, -0.25) is 0 Å². The lowest BCUT2D eigenvalue weighted by Gasteiger charge is -2.16. The molecule has 100 valence electrons. The average Bonchev–Trinajstić information content (AvgIpc) is 2.83. The van der Waals surface area contributed by atoms with E-state index in [-0.39, 0.29) is 0 Å². The second-order valence-electron chi connectivity index (χ2n) is 5.46. The van der Waals surface area contributed by atoms with Crippen molar-refractivity contribution in [3.05, 3.63) is 28.8 Å². The molecule has 2 rings (SSSR count). The first-order valence-corrected chi connectivity index (χ1v) is 7.10. The molecule has 0 aliphatic carbocycles. The Kier molecular flexibility index (Phi) is 4.65. The van der Waals surface area contributed by atoms with Gasteiger partial charge in [-0.15, -0.1) is 0 Å². The highest BCUT2D eigenvalue weighted by atomic mass is 16.5. The van der Waals surface area contributed by atoms with Gasteiger partial charge in [-0.25, -0.2) is 0 Å². The predicted octanol–water partition coefficient (Wildman–Crippen LogP) is 3.48. The molecule has 0 aromatic heterocycles. The number of nitrogens with zero attached hydrogens (tertiary/aromatic N) is 1. The number of hydrogen-bond donors (Lipinski definition) is 0. The van der Waals surface area contributed by atoms with Crippen LogP contribution in [0.3, 0.4) is 0 Å². The zero-order valence-corrected chi connectivity index (χ0v) is 12.0. The normalized spacial score (nSPS) is 16.2. The van der Waals surface area contributed by atoms with E-state index in [1.54, 1.807) is 0 Å². The fourth-order valence-corrected chi connectivity index (χ4v) is 2.63. The molecule has 1 saturated heterocycles. The largest absolute Gasteiger partial charge is 0.493 e. The standard InChI is InChI=1S/C16H25NO/c1-13-11-14(2)15(3)16(12-13)18-10-6-9-17-7-4-5-8-17/h11-12H,4-10H2,1-3H3. The van der Waals surface area contributed by atoms with Crippen LogP contribution in [-0.4, -0.2) is 31.1 Å². The van der Waals surface area contributed by atoms with E-state index in [2.05, 4.69) is 37.8 Å². The molecule has 0 amide bonds. The number of ether oxygens (including phenoxy) is 1. The van der Waals surface area contributed by atoms with Gasteiger partial charge in [0.15, 0.2) is 0 Å². The van der Waals surface area contributed by atoms with Crippen LogP contribution in [0.25, 0.3) is 0 Å². The number of benzene rings is 1. The molecule has 2 nitrogen and oxygen atoms in total. The van der Waals surface area contributed by atoms with Crippen molar-refractivity contribution in [2.75, 3.05) is 26.2 Å². The zero-order valence-electron chi connectivity index (χ0n) is 12.0. The van der Waals surface area contributed by atoms with Crippen molar-refractivity contribution in [2.24, 2.45) is 0 Å². The van der Waals surface area contributed by atoms with Crippen molar-refractivity contribution in [1.82, 2.24) is 4.90 Å². The summed E-state index contributed by atoms with van der Waals surface area (Å²) in [6.45, 7) is 11.0. The molecule has 0 bridgehead atoms. The van der Waals surface area contributed by atoms with Crippen LogP contribution in [0, 0.1) is 20.8 Å². The summed E-state index contributed by atoms with van der Waals surface area (Å²) in [5.74, 6) is 1.06. The highest BCUT2D eigenvalue weighted by molar-refractivity contribution is 5.41. The van der Waals surface area contributed by atoms with Crippen molar-refractivity contribution < 1.29 is 4.74 Å². The van der Waals surface area contributed by atoms with E-state index in [0.717, 1.165) is 18.8 Å². The fourth-order valence-electron chi connectivity index (χ4n) is 2.63. The topological polar surface area (TPSA) is 12.5 Å². The van der Waals surface area contributed by atoms with Crippen LogP contribution in [-0.2, 0) is 0 Å². The minimum atomic E-state index is 0.834. The van der Waals surface area contributed by atoms with E-state index in [9.17, 15) is 0 Å². The molecule has 2 heteroatoms. The molecule has 18 heavy (non-hydrogen) atoms. The lowest BCUT2D eigenvalue weighted by Crippen LogP contribution is -2.22. The molecule has 1 aliphatic heterocycles. The molecule has 1 aromatic rings. The lowest BCUT2D eigenvalue weighted by atomic mass is 10.1. The summed E-state index contributed by atoms with van der Waals surface area (Å²) in [6.07, 6.45) is 3.88. The van der Waals surface area contributed by atoms with Crippen LogP contribution in [0.15, 0.2) is 12.1 Å². The average molecular weight is 247 g/mol. The number of likely N-dealkylation sites (tertiary alicyclic amines) is 1. The van der Waals surface area contributed by atoms with Crippen molar-refractivity contribution >= 4 is 0 Å². The Bertz CT molecular complexity index is 394. The van der Waals surface area contributed by atoms with Gasteiger partial charge < -0.3 is 9.64 Å². The molecular formula is C16H25NO. The van der Waals surface area contributed by atoms with E-state index in [1.807, 2.05) is 0 Å². The monoisotopic (exact) mass is 247 g/mol. The van der Waals surface area contributed by atoms with Crippen molar-refractivity contribution in [3.8, 4) is 5.75 Å². The molecule has 0 atom stereocenters. The summed E-state index contributed by atoms with van der Waals surface area (Å²) in [7, 11) is 0. The summed E-state index contributed by atoms with van der Waals surface area (Å²) in [6, 6.07) is 4.37. The summed E-state index contributed by atoms with van der Waals surface area (Å²) < 4.78 is 5.93. The summed E-state index contributed by atoms with van der Waals surface area (Å²) in [4.78, 5) is 2.54. The van der Waals surface area contributed by atoms with Crippen LogP contribution < -0.4 is 4.74 Å². The molecule has 0 unspecified atom stereocenters. The predicted molar refractivity (Wildman–Crippen MR) is 76.4 cm³/mol. The van der Waals surface area contributed by atoms with Gasteiger partial charge in [0.1, 0.15) is 5.75 Å². The molecule has 0 saturated carbocycles. The van der Waals surface area contributed by atoms with E-state index < -0.39 is 0 Å². The highest BCUT2D eigenvalue weighted by Crippen LogP contribution is 2.23. The quantitative estimate of drug-likeness (QED) is 0.739. The Balaban J connectivity index is 1.79. The molecule has 0 spiro atoms. The summed E-state index contributed by atoms with van der Waals surface area (Å²) >= 11 is 0. The van der Waals surface area contributed by atoms with Gasteiger partial charge >= 0.3 is 0 Å². The third kappa shape index (κ3) is 3.49.